The number of carbonyl (C=O) groups is 1. The van der Waals surface area contributed by atoms with Gasteiger partial charge in [-0.2, -0.15) is 0 Å². The van der Waals surface area contributed by atoms with Crippen molar-refractivity contribution >= 4 is 16.9 Å². The fourth-order valence-electron chi connectivity index (χ4n) is 3.07. The van der Waals surface area contributed by atoms with Crippen molar-refractivity contribution < 1.29 is 9.53 Å². The van der Waals surface area contributed by atoms with E-state index in [1.807, 2.05) is 31.2 Å². The van der Waals surface area contributed by atoms with Gasteiger partial charge >= 0.3 is 5.69 Å². The van der Waals surface area contributed by atoms with Gasteiger partial charge in [0.25, 0.3) is 0 Å². The average Bonchev–Trinajstić information content (AvgIpc) is 3.16. The molecular weight excluding hydrogens is 294 g/mol. The van der Waals surface area contributed by atoms with Crippen LogP contribution in [0.25, 0.3) is 11.0 Å². The minimum atomic E-state index is -0.126. The van der Waals surface area contributed by atoms with Gasteiger partial charge in [-0.25, -0.2) is 4.79 Å². The maximum Gasteiger partial charge on any atom is 0.329 e. The maximum absolute atomic E-state index is 12.6. The first-order valence-corrected chi connectivity index (χ1v) is 8.23. The molecule has 0 bridgehead atoms. The summed E-state index contributed by atoms with van der Waals surface area (Å²) in [6.07, 6.45) is 1.86. The third kappa shape index (κ3) is 3.32. The minimum absolute atomic E-state index is 0.0592. The lowest BCUT2D eigenvalue weighted by atomic mass is 10.1. The Kier molecular flexibility index (Phi) is 4.81. The lowest BCUT2D eigenvalue weighted by Gasteiger charge is -2.09. The van der Waals surface area contributed by atoms with E-state index in [-0.39, 0.29) is 18.1 Å². The van der Waals surface area contributed by atoms with Crippen molar-refractivity contribution in [2.45, 2.75) is 32.9 Å². The molecule has 0 radical (unpaired) electrons. The average molecular weight is 317 g/mol. The number of aryl methyl sites for hydroxylation is 1. The number of carbonyl (C=O) groups excluding carboxylic acids is 1. The Morgan fingerprint density at radius 3 is 2.70 bits per heavy atom. The van der Waals surface area contributed by atoms with Gasteiger partial charge in [0.15, 0.2) is 0 Å². The molecule has 124 valence electrons. The Balaban J connectivity index is 1.77. The molecule has 1 fully saturated rings. The fraction of sp³-hybridized carbons (Fsp3) is 0.529. The Morgan fingerprint density at radius 1 is 1.30 bits per heavy atom. The molecule has 1 atom stereocenters. The maximum atomic E-state index is 12.6. The molecule has 1 aromatic carbocycles. The Morgan fingerprint density at radius 2 is 2.04 bits per heavy atom. The zero-order valence-electron chi connectivity index (χ0n) is 13.5. The second-order valence-electron chi connectivity index (χ2n) is 6.04. The smallest absolute Gasteiger partial charge is 0.329 e. The highest BCUT2D eigenvalue weighted by molar-refractivity contribution is 5.80. The number of nitrogens with zero attached hydrogens (tertiary/aromatic N) is 2. The number of nitrogens with one attached hydrogen (secondary N) is 1. The standard InChI is InChI=1S/C17H23N3O3/c1-2-8-19-14-5-3-4-6-15(14)20(17(19)22)11-16(21)18-10-13-7-9-23-12-13/h3-6,13H,2,7-12H2,1H3,(H,18,21). The van der Waals surface area contributed by atoms with Crippen LogP contribution in [0.1, 0.15) is 19.8 Å². The van der Waals surface area contributed by atoms with Crippen LogP contribution in [0.15, 0.2) is 29.1 Å². The molecule has 1 N–H and O–H groups in total. The summed E-state index contributed by atoms with van der Waals surface area (Å²) in [7, 11) is 0. The number of hydrogen-bond acceptors (Lipinski definition) is 3. The molecule has 2 heterocycles. The Hall–Kier alpha value is -2.08. The van der Waals surface area contributed by atoms with E-state index < -0.39 is 0 Å². The van der Waals surface area contributed by atoms with Crippen LogP contribution in [-0.2, 0) is 22.6 Å². The van der Waals surface area contributed by atoms with Gasteiger partial charge in [-0.1, -0.05) is 19.1 Å². The summed E-state index contributed by atoms with van der Waals surface area (Å²) < 4.78 is 8.61. The molecule has 1 aliphatic rings. The molecule has 23 heavy (non-hydrogen) atoms. The number of rotatable bonds is 6. The van der Waals surface area contributed by atoms with Crippen LogP contribution in [0.5, 0.6) is 0 Å². The second kappa shape index (κ2) is 7.00. The highest BCUT2D eigenvalue weighted by Crippen LogP contribution is 2.13. The monoisotopic (exact) mass is 317 g/mol. The first kappa shape index (κ1) is 15.8. The van der Waals surface area contributed by atoms with E-state index in [2.05, 4.69) is 5.32 Å². The van der Waals surface area contributed by atoms with Crippen LogP contribution < -0.4 is 11.0 Å². The predicted molar refractivity (Wildman–Crippen MR) is 88.4 cm³/mol. The molecule has 6 heteroatoms. The van der Waals surface area contributed by atoms with E-state index in [1.54, 1.807) is 9.13 Å². The van der Waals surface area contributed by atoms with Gasteiger partial charge in [0.1, 0.15) is 6.54 Å². The second-order valence-corrected chi connectivity index (χ2v) is 6.04. The summed E-state index contributed by atoms with van der Waals surface area (Å²) in [6, 6.07) is 7.62. The molecule has 1 aliphatic heterocycles. The van der Waals surface area contributed by atoms with E-state index in [0.717, 1.165) is 30.5 Å². The molecule has 0 saturated carbocycles. The summed E-state index contributed by atoms with van der Waals surface area (Å²) >= 11 is 0. The Bertz CT molecular complexity index is 741. The van der Waals surface area contributed by atoms with E-state index >= 15 is 0 Å². The van der Waals surface area contributed by atoms with Crippen LogP contribution in [0, 0.1) is 5.92 Å². The van der Waals surface area contributed by atoms with Crippen molar-refractivity contribution in [3.05, 3.63) is 34.7 Å². The van der Waals surface area contributed by atoms with Gasteiger partial charge in [-0.3, -0.25) is 13.9 Å². The van der Waals surface area contributed by atoms with Gasteiger partial charge in [0.2, 0.25) is 5.91 Å². The number of hydrogen-bond donors (Lipinski definition) is 1. The van der Waals surface area contributed by atoms with Crippen LogP contribution in [0.2, 0.25) is 0 Å². The van der Waals surface area contributed by atoms with Crippen molar-refractivity contribution in [1.29, 1.82) is 0 Å². The van der Waals surface area contributed by atoms with Crippen LogP contribution >= 0.6 is 0 Å². The SMILES string of the molecule is CCCn1c(=O)n(CC(=O)NCC2CCOC2)c2ccccc21. The molecular formula is C17H23N3O3. The topological polar surface area (TPSA) is 65.3 Å². The summed E-state index contributed by atoms with van der Waals surface area (Å²) in [5.41, 5.74) is 1.58. The highest BCUT2D eigenvalue weighted by Gasteiger charge is 2.18. The van der Waals surface area contributed by atoms with Gasteiger partial charge in [-0.15, -0.1) is 0 Å². The van der Waals surface area contributed by atoms with E-state index in [1.165, 1.54) is 0 Å². The van der Waals surface area contributed by atoms with Crippen molar-refractivity contribution in [3.8, 4) is 0 Å². The van der Waals surface area contributed by atoms with E-state index in [0.29, 0.717) is 25.6 Å². The third-order valence-corrected chi connectivity index (χ3v) is 4.29. The molecule has 1 amide bonds. The van der Waals surface area contributed by atoms with E-state index in [9.17, 15) is 9.59 Å². The Labute approximate surface area is 135 Å². The number of benzene rings is 1. The summed E-state index contributed by atoms with van der Waals surface area (Å²) in [5, 5.41) is 2.92. The third-order valence-electron chi connectivity index (χ3n) is 4.29. The van der Waals surface area contributed by atoms with Crippen LogP contribution in [0.3, 0.4) is 0 Å². The lowest BCUT2D eigenvalue weighted by Crippen LogP contribution is -2.35. The molecule has 2 aromatic rings. The molecule has 1 saturated heterocycles. The molecule has 6 nitrogen and oxygen atoms in total. The minimum Gasteiger partial charge on any atom is -0.381 e. The summed E-state index contributed by atoms with van der Waals surface area (Å²) in [4.78, 5) is 24.8. The summed E-state index contributed by atoms with van der Waals surface area (Å²) in [6.45, 7) is 4.84. The van der Waals surface area contributed by atoms with Crippen LogP contribution in [0.4, 0.5) is 0 Å². The van der Waals surface area contributed by atoms with Crippen LogP contribution in [-0.4, -0.2) is 34.8 Å². The van der Waals surface area contributed by atoms with Crippen molar-refractivity contribution in [3.63, 3.8) is 0 Å². The zero-order chi connectivity index (χ0) is 16.2. The van der Waals surface area contributed by atoms with Gasteiger partial charge in [0, 0.05) is 25.6 Å². The number of aromatic nitrogens is 2. The normalized spacial score (nSPS) is 17.7. The molecule has 0 aliphatic carbocycles. The molecule has 0 spiro atoms. The number of fused-ring (bicyclic) bond motifs is 1. The fourth-order valence-corrected chi connectivity index (χ4v) is 3.07. The number of ether oxygens (including phenoxy) is 1. The number of imidazole rings is 1. The first-order chi connectivity index (χ1) is 11.2. The van der Waals surface area contributed by atoms with Crippen molar-refractivity contribution in [2.24, 2.45) is 5.92 Å². The largest absolute Gasteiger partial charge is 0.381 e. The lowest BCUT2D eigenvalue weighted by molar-refractivity contribution is -0.121. The number of amides is 1. The number of para-hydroxylation sites is 2. The van der Waals surface area contributed by atoms with Gasteiger partial charge in [0.05, 0.1) is 17.6 Å². The first-order valence-electron chi connectivity index (χ1n) is 8.23. The molecule has 1 unspecified atom stereocenters. The molecule has 1 aromatic heterocycles. The predicted octanol–water partition coefficient (Wildman–Crippen LogP) is 1.37. The van der Waals surface area contributed by atoms with Gasteiger partial charge < -0.3 is 10.1 Å². The zero-order valence-corrected chi connectivity index (χ0v) is 13.5. The highest BCUT2D eigenvalue weighted by atomic mass is 16.5. The quantitative estimate of drug-likeness (QED) is 0.875. The van der Waals surface area contributed by atoms with E-state index in [4.69, 9.17) is 4.74 Å². The summed E-state index contributed by atoms with van der Waals surface area (Å²) in [5.74, 6) is 0.260. The van der Waals surface area contributed by atoms with Gasteiger partial charge in [-0.05, 0) is 25.0 Å². The molecule has 3 rings (SSSR count). The van der Waals surface area contributed by atoms with Crippen molar-refractivity contribution in [1.82, 2.24) is 14.5 Å². The van der Waals surface area contributed by atoms with Crippen molar-refractivity contribution in [2.75, 3.05) is 19.8 Å².